The zero-order valence-corrected chi connectivity index (χ0v) is 16.2. The Morgan fingerprint density at radius 3 is 2.88 bits per heavy atom. The fourth-order valence-electron chi connectivity index (χ4n) is 3.74. The van der Waals surface area contributed by atoms with E-state index < -0.39 is 0 Å². The predicted octanol–water partition coefficient (Wildman–Crippen LogP) is 2.71. The van der Waals surface area contributed by atoms with Crippen LogP contribution in [0.3, 0.4) is 0 Å². The number of pyridine rings is 1. The summed E-state index contributed by atoms with van der Waals surface area (Å²) in [6, 6.07) is 4.34. The van der Waals surface area contributed by atoms with Crippen molar-refractivity contribution in [3.05, 3.63) is 41.1 Å². The Balaban J connectivity index is 1.83. The maximum absolute atomic E-state index is 9.60. The number of anilines is 1. The molecule has 2 aromatic heterocycles. The molecule has 0 N–H and O–H groups in total. The highest BCUT2D eigenvalue weighted by atomic mass is 15.2. The first-order valence-electron chi connectivity index (χ1n) is 9.28. The van der Waals surface area contributed by atoms with Gasteiger partial charge in [0.05, 0.1) is 5.56 Å². The Hall–Kier alpha value is -2.39. The minimum absolute atomic E-state index is 0.370. The predicted molar refractivity (Wildman–Crippen MR) is 103 cm³/mol. The number of piperidine rings is 1. The summed E-state index contributed by atoms with van der Waals surface area (Å²) in [4.78, 5) is 13.8. The zero-order chi connectivity index (χ0) is 18.7. The van der Waals surface area contributed by atoms with E-state index in [2.05, 4.69) is 45.7 Å². The van der Waals surface area contributed by atoms with Gasteiger partial charge in [-0.1, -0.05) is 0 Å². The number of rotatable bonds is 5. The number of hydrogen-bond donors (Lipinski definition) is 0. The van der Waals surface area contributed by atoms with Crippen LogP contribution in [0.15, 0.2) is 18.5 Å². The Kier molecular flexibility index (Phi) is 5.58. The molecule has 0 aromatic carbocycles. The van der Waals surface area contributed by atoms with Gasteiger partial charge in [0.15, 0.2) is 0 Å². The summed E-state index contributed by atoms with van der Waals surface area (Å²) in [5, 5.41) is 9.60. The Bertz CT molecular complexity index is 801. The van der Waals surface area contributed by atoms with E-state index >= 15 is 0 Å². The number of imidazole rings is 1. The molecule has 2 aromatic rings. The summed E-state index contributed by atoms with van der Waals surface area (Å²) < 4.78 is 2.27. The van der Waals surface area contributed by atoms with Crippen LogP contribution in [-0.2, 0) is 6.54 Å². The average molecular weight is 352 g/mol. The summed E-state index contributed by atoms with van der Waals surface area (Å²) in [5.41, 5.74) is 2.67. The highest BCUT2D eigenvalue weighted by Gasteiger charge is 2.27. The minimum atomic E-state index is 0.370. The smallest absolute Gasteiger partial charge is 0.147 e. The Labute approximate surface area is 156 Å². The zero-order valence-electron chi connectivity index (χ0n) is 16.2. The second-order valence-corrected chi connectivity index (χ2v) is 7.46. The highest BCUT2D eigenvalue weighted by Crippen LogP contribution is 2.31. The molecular weight excluding hydrogens is 324 g/mol. The van der Waals surface area contributed by atoms with Crippen molar-refractivity contribution in [2.45, 2.75) is 39.2 Å². The van der Waals surface area contributed by atoms with Crippen LogP contribution in [0.25, 0.3) is 0 Å². The molecule has 26 heavy (non-hydrogen) atoms. The molecule has 0 amide bonds. The number of aromatic nitrogens is 3. The van der Waals surface area contributed by atoms with Crippen LogP contribution in [0.1, 0.15) is 41.4 Å². The molecule has 1 atom stereocenters. The van der Waals surface area contributed by atoms with Gasteiger partial charge in [0.2, 0.25) is 0 Å². The number of hydrogen-bond acceptors (Lipinski definition) is 5. The lowest BCUT2D eigenvalue weighted by molar-refractivity contribution is 0.373. The highest BCUT2D eigenvalue weighted by molar-refractivity contribution is 5.58. The van der Waals surface area contributed by atoms with Gasteiger partial charge in [-0.25, -0.2) is 9.97 Å². The number of nitrogens with zero attached hydrogens (tertiary/aromatic N) is 6. The fourth-order valence-corrected chi connectivity index (χ4v) is 3.74. The Morgan fingerprint density at radius 1 is 1.35 bits per heavy atom. The second-order valence-electron chi connectivity index (χ2n) is 7.46. The molecule has 6 nitrogen and oxygen atoms in total. The quantitative estimate of drug-likeness (QED) is 0.828. The Morgan fingerprint density at radius 2 is 2.15 bits per heavy atom. The number of likely N-dealkylation sites (N-methyl/N-ethyl adjacent to an activating group) is 1. The summed E-state index contributed by atoms with van der Waals surface area (Å²) >= 11 is 0. The molecule has 0 aliphatic carbocycles. The van der Waals surface area contributed by atoms with Gasteiger partial charge in [-0.15, -0.1) is 0 Å². The molecule has 0 unspecified atom stereocenters. The standard InChI is InChI=1S/C20H28N6/c1-15-12-16(2)23-20(18(15)13-21)26-8-5-6-17(14-26)19-22-7-9-25(19)11-10-24(3)4/h7,9,12,17H,5-6,8,10-11,14H2,1-4H3/t17-/m1/s1. The third kappa shape index (κ3) is 3.88. The molecule has 6 heteroatoms. The van der Waals surface area contributed by atoms with E-state index in [0.717, 1.165) is 61.9 Å². The van der Waals surface area contributed by atoms with E-state index in [0.29, 0.717) is 11.5 Å². The van der Waals surface area contributed by atoms with Crippen LogP contribution in [0, 0.1) is 25.2 Å². The lowest BCUT2D eigenvalue weighted by Gasteiger charge is -2.34. The van der Waals surface area contributed by atoms with Crippen LogP contribution in [0.5, 0.6) is 0 Å². The first kappa shape index (κ1) is 18.4. The normalized spacial score (nSPS) is 17.5. The third-order valence-electron chi connectivity index (χ3n) is 5.06. The van der Waals surface area contributed by atoms with E-state index in [1.54, 1.807) is 0 Å². The van der Waals surface area contributed by atoms with Crippen molar-refractivity contribution >= 4 is 5.82 Å². The SMILES string of the molecule is Cc1cc(C)c(C#N)c(N2CCC[C@@H](c3nccn3CCN(C)C)C2)n1. The average Bonchev–Trinajstić information content (AvgIpc) is 3.08. The first-order valence-corrected chi connectivity index (χ1v) is 9.28. The molecule has 138 valence electrons. The van der Waals surface area contributed by atoms with Crippen molar-refractivity contribution in [3.8, 4) is 6.07 Å². The first-order chi connectivity index (χ1) is 12.5. The molecule has 1 saturated heterocycles. The van der Waals surface area contributed by atoms with Crippen molar-refractivity contribution in [1.29, 1.82) is 5.26 Å². The van der Waals surface area contributed by atoms with E-state index in [1.807, 2.05) is 26.1 Å². The van der Waals surface area contributed by atoms with E-state index in [1.165, 1.54) is 0 Å². The largest absolute Gasteiger partial charge is 0.355 e. The summed E-state index contributed by atoms with van der Waals surface area (Å²) in [7, 11) is 4.18. The van der Waals surface area contributed by atoms with Crippen LogP contribution in [0.2, 0.25) is 0 Å². The molecule has 3 heterocycles. The lowest BCUT2D eigenvalue weighted by atomic mass is 9.96. The van der Waals surface area contributed by atoms with Crippen molar-refractivity contribution in [2.24, 2.45) is 0 Å². The molecule has 0 saturated carbocycles. The van der Waals surface area contributed by atoms with Gasteiger partial charge in [0.25, 0.3) is 0 Å². The lowest BCUT2D eigenvalue weighted by Crippen LogP contribution is -2.37. The monoisotopic (exact) mass is 352 g/mol. The van der Waals surface area contributed by atoms with Gasteiger partial charge in [-0.05, 0) is 52.4 Å². The summed E-state index contributed by atoms with van der Waals surface area (Å²) in [6.07, 6.45) is 6.19. The molecule has 0 spiro atoms. The summed E-state index contributed by atoms with van der Waals surface area (Å²) in [5.74, 6) is 2.36. The van der Waals surface area contributed by atoms with E-state index in [4.69, 9.17) is 4.98 Å². The molecule has 1 aliphatic heterocycles. The number of nitriles is 1. The second kappa shape index (κ2) is 7.88. The van der Waals surface area contributed by atoms with Gasteiger partial charge < -0.3 is 14.4 Å². The minimum Gasteiger partial charge on any atom is -0.355 e. The molecule has 0 radical (unpaired) electrons. The topological polar surface area (TPSA) is 61.0 Å². The van der Waals surface area contributed by atoms with E-state index in [-0.39, 0.29) is 0 Å². The van der Waals surface area contributed by atoms with Crippen molar-refractivity contribution in [1.82, 2.24) is 19.4 Å². The van der Waals surface area contributed by atoms with E-state index in [9.17, 15) is 5.26 Å². The molecule has 3 rings (SSSR count). The summed E-state index contributed by atoms with van der Waals surface area (Å²) in [6.45, 7) is 7.74. The van der Waals surface area contributed by atoms with Crippen LogP contribution >= 0.6 is 0 Å². The van der Waals surface area contributed by atoms with Gasteiger partial charge in [0.1, 0.15) is 17.7 Å². The maximum Gasteiger partial charge on any atom is 0.147 e. The van der Waals surface area contributed by atoms with Crippen molar-refractivity contribution < 1.29 is 0 Å². The van der Waals surface area contributed by atoms with Gasteiger partial charge in [-0.2, -0.15) is 5.26 Å². The number of aryl methyl sites for hydroxylation is 2. The molecule has 1 aliphatic rings. The maximum atomic E-state index is 9.60. The van der Waals surface area contributed by atoms with Crippen LogP contribution in [-0.4, -0.2) is 53.2 Å². The molecule has 0 bridgehead atoms. The van der Waals surface area contributed by atoms with Crippen molar-refractivity contribution in [2.75, 3.05) is 38.6 Å². The van der Waals surface area contributed by atoms with Crippen molar-refractivity contribution in [3.63, 3.8) is 0 Å². The fraction of sp³-hybridized carbons (Fsp3) is 0.550. The van der Waals surface area contributed by atoms with Crippen LogP contribution < -0.4 is 4.90 Å². The van der Waals surface area contributed by atoms with Gasteiger partial charge in [-0.3, -0.25) is 0 Å². The molecular formula is C20H28N6. The molecule has 1 fully saturated rings. The van der Waals surface area contributed by atoms with Gasteiger partial charge in [0, 0.05) is 50.2 Å². The van der Waals surface area contributed by atoms with Gasteiger partial charge >= 0.3 is 0 Å². The third-order valence-corrected chi connectivity index (χ3v) is 5.06. The van der Waals surface area contributed by atoms with Crippen LogP contribution in [0.4, 0.5) is 5.82 Å².